The zero-order valence-electron chi connectivity index (χ0n) is 27.1. The minimum atomic E-state index is -0.799. The lowest BCUT2D eigenvalue weighted by atomic mass is 10.1. The van der Waals surface area contributed by atoms with E-state index in [1.807, 2.05) is 61.5 Å². The van der Waals surface area contributed by atoms with Gasteiger partial charge in [0.2, 0.25) is 6.41 Å². The zero-order chi connectivity index (χ0) is 34.1. The number of carbonyl (C=O) groups excluding carboxylic acids is 1. The summed E-state index contributed by atoms with van der Waals surface area (Å²) in [4.78, 5) is 15.1. The highest BCUT2D eigenvalue weighted by molar-refractivity contribution is 5.75. The van der Waals surface area contributed by atoms with E-state index in [4.69, 9.17) is 26.1 Å². The third-order valence-corrected chi connectivity index (χ3v) is 6.98. The number of benzene rings is 2. The summed E-state index contributed by atoms with van der Waals surface area (Å²) in [5.74, 6) is 0.321. The number of hydrogen-bond acceptors (Lipinski definition) is 7. The fourth-order valence-corrected chi connectivity index (χ4v) is 4.78. The quantitative estimate of drug-likeness (QED) is 0.129. The maximum atomic E-state index is 11.9. The third-order valence-electron chi connectivity index (χ3n) is 6.98. The van der Waals surface area contributed by atoms with Gasteiger partial charge in [-0.2, -0.15) is 10.2 Å². The summed E-state index contributed by atoms with van der Waals surface area (Å²) in [6.45, 7) is 7.89. The van der Waals surface area contributed by atoms with Gasteiger partial charge in [-0.15, -0.1) is 0 Å². The van der Waals surface area contributed by atoms with Crippen LogP contribution in [-0.2, 0) is 16.6 Å². The van der Waals surface area contributed by atoms with E-state index >= 15 is 0 Å². The predicted octanol–water partition coefficient (Wildman–Crippen LogP) is 3.31. The topological polar surface area (TPSA) is 168 Å². The van der Waals surface area contributed by atoms with Crippen molar-refractivity contribution in [2.24, 2.45) is 35.2 Å². The van der Waals surface area contributed by atoms with Crippen molar-refractivity contribution in [3.05, 3.63) is 84.2 Å². The van der Waals surface area contributed by atoms with Crippen LogP contribution in [0.25, 0.3) is 16.9 Å². The van der Waals surface area contributed by atoms with Gasteiger partial charge in [0.25, 0.3) is 0 Å². The van der Waals surface area contributed by atoms with Crippen molar-refractivity contribution in [1.82, 2.24) is 24.5 Å². The van der Waals surface area contributed by atoms with Crippen molar-refractivity contribution in [3.63, 3.8) is 0 Å². The molecule has 2 atom stereocenters. The van der Waals surface area contributed by atoms with Crippen LogP contribution in [0.3, 0.4) is 0 Å². The Morgan fingerprint density at radius 3 is 2.22 bits per heavy atom. The van der Waals surface area contributed by atoms with Crippen LogP contribution in [0, 0.1) is 24.5 Å². The summed E-state index contributed by atoms with van der Waals surface area (Å²) in [6.07, 6.45) is 5.32. The molecule has 1 saturated heterocycles. The molecule has 0 saturated carbocycles. The van der Waals surface area contributed by atoms with Crippen LogP contribution in [0.5, 0.6) is 0 Å². The van der Waals surface area contributed by atoms with Crippen molar-refractivity contribution >= 4 is 18.2 Å². The van der Waals surface area contributed by atoms with E-state index in [-0.39, 0.29) is 12.4 Å². The van der Waals surface area contributed by atoms with E-state index in [9.17, 15) is 8.78 Å². The lowest BCUT2D eigenvalue weighted by molar-refractivity contribution is -0.106. The van der Waals surface area contributed by atoms with Crippen molar-refractivity contribution in [3.8, 4) is 16.9 Å². The first-order valence-corrected chi connectivity index (χ1v) is 14.7. The Morgan fingerprint density at radius 2 is 1.76 bits per heavy atom. The molecule has 4 aromatic rings. The molecule has 2 aromatic heterocycles. The lowest BCUT2D eigenvalue weighted by Crippen LogP contribution is -2.40. The molecule has 5 rings (SSSR count). The molecule has 2 aromatic carbocycles. The number of ether oxygens (including phenoxy) is 1. The fraction of sp³-hybridized carbons (Fsp3) is 0.375. The molecule has 3 heterocycles. The van der Waals surface area contributed by atoms with Crippen LogP contribution < -0.4 is 22.5 Å². The number of halogens is 2. The number of hydrogen-bond donors (Lipinski definition) is 4. The first kappa shape index (κ1) is 37.4. The first-order valence-electron chi connectivity index (χ1n) is 14.7. The van der Waals surface area contributed by atoms with E-state index in [0.717, 1.165) is 59.5 Å². The molecular weight excluding hydrogens is 594 g/mol. The number of carbonyl (C=O) groups is 1. The Balaban J connectivity index is 0.000000249. The van der Waals surface area contributed by atoms with Crippen molar-refractivity contribution in [2.75, 3.05) is 45.7 Å². The van der Waals surface area contributed by atoms with Crippen LogP contribution in [0.2, 0.25) is 0 Å². The van der Waals surface area contributed by atoms with E-state index in [1.165, 1.54) is 18.6 Å². The number of anilines is 1. The van der Waals surface area contributed by atoms with Gasteiger partial charge in [-0.1, -0.05) is 37.3 Å². The number of likely N-dealkylation sites (tertiary alicyclic amines) is 1. The van der Waals surface area contributed by atoms with Crippen molar-refractivity contribution in [1.29, 1.82) is 0 Å². The van der Waals surface area contributed by atoms with E-state index in [0.29, 0.717) is 19.2 Å². The molecule has 46 heavy (non-hydrogen) atoms. The van der Waals surface area contributed by atoms with Gasteiger partial charge in [-0.05, 0) is 50.1 Å². The Labute approximate surface area is 269 Å². The number of guanidine groups is 1. The number of aliphatic imine (C=N–C) groups is 1. The monoisotopic (exact) mass is 640 g/mol. The molecule has 0 radical (unpaired) electrons. The molecule has 0 spiro atoms. The van der Waals surface area contributed by atoms with E-state index < -0.39 is 11.6 Å². The van der Waals surface area contributed by atoms with Gasteiger partial charge in [0.15, 0.2) is 17.6 Å². The van der Waals surface area contributed by atoms with E-state index in [2.05, 4.69) is 39.9 Å². The second-order valence-electron chi connectivity index (χ2n) is 10.5. The normalized spacial score (nSPS) is 14.4. The third kappa shape index (κ3) is 11.6. The average molecular weight is 641 g/mol. The maximum absolute atomic E-state index is 11.9. The van der Waals surface area contributed by atoms with Gasteiger partial charge in [0, 0.05) is 45.1 Å². The minimum absolute atomic E-state index is 0.156. The standard InChI is InChI=1S/C15H17N5.C10H22N4O.C6H4F2.CH3NO/c1-11-14(12-9-17-19(3)10-12)18-20(15(11)16-2)13-7-5-4-6-8-13;1-8-3-4-14(6-8)9(7-15-2)5-13-10(11)12;7-5-3-1-2-4-6(5)8;2-1-3/h4-10,16H,1-3H3;8-9H,3-7H2,1-2H3,(H4,11,12,13);1-4H;1H,(H2,2,3)/t;8-,9?;;/m.0../s1. The number of para-hydroxylation sites is 1. The average Bonchev–Trinajstić information content (AvgIpc) is 3.76. The molecule has 14 heteroatoms. The van der Waals surface area contributed by atoms with Gasteiger partial charge in [-0.25, -0.2) is 13.5 Å². The number of nitrogens with zero attached hydrogens (tertiary/aromatic N) is 6. The van der Waals surface area contributed by atoms with Gasteiger partial charge in [0.05, 0.1) is 31.1 Å². The summed E-state index contributed by atoms with van der Waals surface area (Å²) in [5.41, 5.74) is 19.0. The molecule has 250 valence electrons. The largest absolute Gasteiger partial charge is 0.383 e. The van der Waals surface area contributed by atoms with Gasteiger partial charge < -0.3 is 27.3 Å². The Bertz CT molecular complexity index is 1470. The van der Waals surface area contributed by atoms with Crippen LogP contribution >= 0.6 is 0 Å². The highest BCUT2D eigenvalue weighted by Crippen LogP contribution is 2.29. The smallest absolute Gasteiger partial charge is 0.204 e. The van der Waals surface area contributed by atoms with Gasteiger partial charge in [-0.3, -0.25) is 19.4 Å². The molecule has 1 amide bonds. The highest BCUT2D eigenvalue weighted by Gasteiger charge is 2.25. The Morgan fingerprint density at radius 1 is 1.15 bits per heavy atom. The van der Waals surface area contributed by atoms with Crippen LogP contribution in [0.4, 0.5) is 14.6 Å². The number of aryl methyl sites for hydroxylation is 1. The maximum Gasteiger partial charge on any atom is 0.204 e. The highest BCUT2D eigenvalue weighted by atomic mass is 19.2. The van der Waals surface area contributed by atoms with Gasteiger partial charge >= 0.3 is 0 Å². The molecule has 1 aliphatic heterocycles. The predicted molar refractivity (Wildman–Crippen MR) is 178 cm³/mol. The molecule has 0 bridgehead atoms. The van der Waals surface area contributed by atoms with Crippen molar-refractivity contribution in [2.45, 2.75) is 26.3 Å². The molecule has 12 nitrogen and oxygen atoms in total. The van der Waals surface area contributed by atoms with E-state index in [1.54, 1.807) is 11.8 Å². The summed E-state index contributed by atoms with van der Waals surface area (Å²) in [6, 6.07) is 15.5. The Hall–Kier alpha value is -4.82. The number of primary amides is 1. The summed E-state index contributed by atoms with van der Waals surface area (Å²) in [7, 11) is 5.53. The molecule has 1 fully saturated rings. The number of methoxy groups -OCH3 is 1. The second-order valence-corrected chi connectivity index (χ2v) is 10.5. The first-order chi connectivity index (χ1) is 22.1. The summed E-state index contributed by atoms with van der Waals surface area (Å²) >= 11 is 0. The number of aromatic nitrogens is 4. The van der Waals surface area contributed by atoms with Crippen molar-refractivity contribution < 1.29 is 18.3 Å². The molecule has 1 unspecified atom stereocenters. The zero-order valence-corrected chi connectivity index (χ0v) is 27.1. The number of amides is 1. The molecular formula is C32H46F2N10O2. The van der Waals surface area contributed by atoms with Crippen LogP contribution in [0.1, 0.15) is 18.9 Å². The fourth-order valence-electron chi connectivity index (χ4n) is 4.78. The summed E-state index contributed by atoms with van der Waals surface area (Å²) < 4.78 is 32.8. The molecule has 1 aliphatic rings. The SMILES string of the molecule is CNc1c(C)c(-c2cnn(C)c2)nn1-c1ccccc1.COCC(CN=C(N)N)N1CC[C@H](C)C1.Fc1ccccc1F.NC=O. The van der Waals surface area contributed by atoms with Crippen LogP contribution in [-0.4, -0.2) is 83.3 Å². The number of nitrogens with one attached hydrogen (secondary N) is 1. The summed E-state index contributed by atoms with van der Waals surface area (Å²) in [5, 5.41) is 12.2. The minimum Gasteiger partial charge on any atom is -0.383 e. The second kappa shape index (κ2) is 19.5. The number of nitrogens with two attached hydrogens (primary N) is 3. The van der Waals surface area contributed by atoms with Crippen LogP contribution in [0.15, 0.2) is 72.0 Å². The molecule has 0 aliphatic carbocycles. The lowest BCUT2D eigenvalue weighted by Gasteiger charge is -2.25. The number of rotatable bonds is 8. The van der Waals surface area contributed by atoms with Gasteiger partial charge in [0.1, 0.15) is 11.5 Å². The Kier molecular flexibility index (Phi) is 15.9. The molecule has 7 N–H and O–H groups in total.